The minimum absolute atomic E-state index is 0.0480. The second-order valence-electron chi connectivity index (χ2n) is 7.67. The van der Waals surface area contributed by atoms with Gasteiger partial charge in [0.05, 0.1) is 20.0 Å². The van der Waals surface area contributed by atoms with E-state index in [1.54, 1.807) is 21.3 Å². The van der Waals surface area contributed by atoms with Crippen LogP contribution in [0.1, 0.15) is 32.1 Å². The van der Waals surface area contributed by atoms with Gasteiger partial charge in [-0.15, -0.1) is 10.2 Å². The lowest BCUT2D eigenvalue weighted by Crippen LogP contribution is -2.44. The zero-order valence-corrected chi connectivity index (χ0v) is 20.1. The van der Waals surface area contributed by atoms with Crippen LogP contribution in [0, 0.1) is 0 Å². The fraction of sp³-hybridized carbons (Fsp3) is 0.545. The molecule has 0 radical (unpaired) electrons. The summed E-state index contributed by atoms with van der Waals surface area (Å²) >= 11 is 1.23. The van der Waals surface area contributed by atoms with Crippen molar-refractivity contribution in [1.82, 2.24) is 25.4 Å². The molecule has 1 heterocycles. The summed E-state index contributed by atoms with van der Waals surface area (Å²) in [6.07, 6.45) is 4.88. The minimum atomic E-state index is -0.444. The zero-order chi connectivity index (χ0) is 23.6. The Bertz CT molecular complexity index is 945. The van der Waals surface area contributed by atoms with E-state index in [1.807, 2.05) is 22.8 Å². The van der Waals surface area contributed by atoms with Gasteiger partial charge in [-0.3, -0.25) is 10.1 Å². The van der Waals surface area contributed by atoms with Crippen LogP contribution in [0.25, 0.3) is 11.4 Å². The van der Waals surface area contributed by atoms with E-state index >= 15 is 0 Å². The van der Waals surface area contributed by atoms with Crippen LogP contribution in [-0.2, 0) is 16.1 Å². The van der Waals surface area contributed by atoms with Gasteiger partial charge in [-0.25, -0.2) is 4.79 Å². The zero-order valence-electron chi connectivity index (χ0n) is 19.3. The van der Waals surface area contributed by atoms with E-state index < -0.39 is 6.03 Å². The Morgan fingerprint density at radius 1 is 1.12 bits per heavy atom. The average molecular weight is 478 g/mol. The van der Waals surface area contributed by atoms with Crippen LogP contribution in [0.15, 0.2) is 23.4 Å². The molecule has 1 fully saturated rings. The van der Waals surface area contributed by atoms with E-state index in [9.17, 15) is 9.59 Å². The molecule has 10 nitrogen and oxygen atoms in total. The molecule has 3 rings (SSSR count). The normalized spacial score (nSPS) is 13.7. The van der Waals surface area contributed by atoms with Gasteiger partial charge in [-0.2, -0.15) is 0 Å². The number of methoxy groups -OCH3 is 3. The third-order valence-electron chi connectivity index (χ3n) is 5.36. The van der Waals surface area contributed by atoms with Gasteiger partial charge < -0.3 is 24.1 Å². The van der Waals surface area contributed by atoms with Crippen molar-refractivity contribution in [2.75, 3.05) is 33.7 Å². The first kappa shape index (κ1) is 24.8. The summed E-state index contributed by atoms with van der Waals surface area (Å²) < 4.78 is 17.8. The Hall–Kier alpha value is -2.79. The molecule has 1 aliphatic carbocycles. The predicted octanol–water partition coefficient (Wildman–Crippen LogP) is 2.86. The number of hydrogen-bond donors (Lipinski definition) is 2. The molecule has 1 aliphatic rings. The number of ether oxygens (including phenoxy) is 3. The molecule has 1 aromatic carbocycles. The maximum atomic E-state index is 12.3. The largest absolute Gasteiger partial charge is 0.493 e. The Labute approximate surface area is 197 Å². The van der Waals surface area contributed by atoms with E-state index in [0.29, 0.717) is 35.6 Å². The molecule has 11 heteroatoms. The summed E-state index contributed by atoms with van der Waals surface area (Å²) in [5.74, 6) is 1.52. The lowest BCUT2D eigenvalue weighted by molar-refractivity contribution is -0.117. The first-order valence-corrected chi connectivity index (χ1v) is 11.9. The van der Waals surface area contributed by atoms with Crippen LogP contribution < -0.4 is 20.1 Å². The molecule has 180 valence electrons. The monoisotopic (exact) mass is 477 g/mol. The Balaban J connectivity index is 1.69. The van der Waals surface area contributed by atoms with Gasteiger partial charge in [-0.1, -0.05) is 24.6 Å². The summed E-state index contributed by atoms with van der Waals surface area (Å²) in [4.78, 5) is 24.3. The summed E-state index contributed by atoms with van der Waals surface area (Å²) in [5, 5.41) is 14.5. The Morgan fingerprint density at radius 3 is 2.58 bits per heavy atom. The molecule has 0 saturated heterocycles. The predicted molar refractivity (Wildman–Crippen MR) is 125 cm³/mol. The van der Waals surface area contributed by atoms with Gasteiger partial charge in [0.2, 0.25) is 5.91 Å². The van der Waals surface area contributed by atoms with Crippen molar-refractivity contribution in [2.45, 2.75) is 49.8 Å². The molecule has 0 aliphatic heterocycles. The summed E-state index contributed by atoms with van der Waals surface area (Å²) in [7, 11) is 4.81. The highest BCUT2D eigenvalue weighted by molar-refractivity contribution is 7.99. The van der Waals surface area contributed by atoms with Crippen LogP contribution in [0.3, 0.4) is 0 Å². The van der Waals surface area contributed by atoms with Gasteiger partial charge in [0.1, 0.15) is 0 Å². The number of urea groups is 1. The number of aromatic nitrogens is 3. The van der Waals surface area contributed by atoms with Gasteiger partial charge in [0.15, 0.2) is 22.5 Å². The average Bonchev–Trinajstić information content (AvgIpc) is 3.47. The minimum Gasteiger partial charge on any atom is -0.493 e. The maximum absolute atomic E-state index is 12.3. The van der Waals surface area contributed by atoms with Crippen molar-refractivity contribution in [3.63, 3.8) is 0 Å². The first-order valence-electron chi connectivity index (χ1n) is 10.9. The molecular formula is C22H31N5O5S. The molecular weight excluding hydrogens is 446 g/mol. The number of thioether (sulfide) groups is 1. The highest BCUT2D eigenvalue weighted by Gasteiger charge is 2.20. The van der Waals surface area contributed by atoms with Crippen LogP contribution in [0.4, 0.5) is 4.79 Å². The summed E-state index contributed by atoms with van der Waals surface area (Å²) in [5.41, 5.74) is 0.810. The van der Waals surface area contributed by atoms with Crippen molar-refractivity contribution >= 4 is 23.7 Å². The maximum Gasteiger partial charge on any atom is 0.321 e. The number of carbonyl (C=O) groups is 2. The number of hydrogen-bond acceptors (Lipinski definition) is 8. The molecule has 1 saturated carbocycles. The van der Waals surface area contributed by atoms with Crippen molar-refractivity contribution in [2.24, 2.45) is 0 Å². The lowest BCUT2D eigenvalue weighted by atomic mass is 10.2. The fourth-order valence-electron chi connectivity index (χ4n) is 3.74. The number of benzene rings is 1. The fourth-order valence-corrected chi connectivity index (χ4v) is 4.50. The highest BCUT2D eigenvalue weighted by Crippen LogP contribution is 2.33. The molecule has 33 heavy (non-hydrogen) atoms. The van der Waals surface area contributed by atoms with Gasteiger partial charge in [0.25, 0.3) is 0 Å². The Morgan fingerprint density at radius 2 is 1.88 bits per heavy atom. The second kappa shape index (κ2) is 12.4. The van der Waals surface area contributed by atoms with E-state index in [4.69, 9.17) is 14.2 Å². The van der Waals surface area contributed by atoms with Gasteiger partial charge >= 0.3 is 6.03 Å². The Kier molecular flexibility index (Phi) is 9.37. The van der Waals surface area contributed by atoms with E-state index in [-0.39, 0.29) is 17.7 Å². The number of imide groups is 1. The van der Waals surface area contributed by atoms with Crippen LogP contribution >= 0.6 is 11.8 Å². The standard InChI is InChI=1S/C22H31N5O5S/c1-30-12-6-11-27-20(15-9-10-17(31-2)18(13-15)32-3)25-26-22(27)33-14-19(28)24-21(29)23-16-7-4-5-8-16/h9-10,13,16H,4-8,11-12,14H2,1-3H3,(H2,23,24,28,29). The molecule has 2 N–H and O–H groups in total. The van der Waals surface area contributed by atoms with E-state index in [1.165, 1.54) is 11.8 Å². The molecule has 1 aromatic heterocycles. The van der Waals surface area contributed by atoms with Gasteiger partial charge in [0, 0.05) is 31.9 Å². The molecule has 0 spiro atoms. The number of amides is 3. The molecule has 2 aromatic rings. The SMILES string of the molecule is COCCCn1c(SCC(=O)NC(=O)NC2CCCC2)nnc1-c1ccc(OC)c(OC)c1. The lowest BCUT2D eigenvalue weighted by Gasteiger charge is -2.13. The second-order valence-corrected chi connectivity index (χ2v) is 8.61. The molecule has 0 unspecified atom stereocenters. The number of rotatable bonds is 11. The molecule has 3 amide bonds. The number of nitrogens with one attached hydrogen (secondary N) is 2. The highest BCUT2D eigenvalue weighted by atomic mass is 32.2. The van der Waals surface area contributed by atoms with Crippen LogP contribution in [0.2, 0.25) is 0 Å². The van der Waals surface area contributed by atoms with Crippen molar-refractivity contribution < 1.29 is 23.8 Å². The van der Waals surface area contributed by atoms with Crippen LogP contribution in [-0.4, -0.2) is 66.4 Å². The third kappa shape index (κ3) is 6.84. The van der Waals surface area contributed by atoms with Crippen molar-refractivity contribution in [3.05, 3.63) is 18.2 Å². The van der Waals surface area contributed by atoms with E-state index in [0.717, 1.165) is 37.7 Å². The summed E-state index contributed by atoms with van der Waals surface area (Å²) in [6, 6.07) is 5.24. The molecule has 0 bridgehead atoms. The van der Waals surface area contributed by atoms with E-state index in [2.05, 4.69) is 20.8 Å². The number of carbonyl (C=O) groups excluding carboxylic acids is 2. The van der Waals surface area contributed by atoms with Gasteiger partial charge in [-0.05, 0) is 37.5 Å². The first-order chi connectivity index (χ1) is 16.0. The quantitative estimate of drug-likeness (QED) is 0.375. The summed E-state index contributed by atoms with van der Waals surface area (Å²) in [6.45, 7) is 1.19. The smallest absolute Gasteiger partial charge is 0.321 e. The van der Waals surface area contributed by atoms with Crippen molar-refractivity contribution in [1.29, 1.82) is 0 Å². The molecule has 0 atom stereocenters. The van der Waals surface area contributed by atoms with Crippen LogP contribution in [0.5, 0.6) is 11.5 Å². The van der Waals surface area contributed by atoms with Crippen molar-refractivity contribution in [3.8, 4) is 22.9 Å². The third-order valence-corrected chi connectivity index (χ3v) is 6.33. The number of nitrogens with zero attached hydrogens (tertiary/aromatic N) is 3. The topological polar surface area (TPSA) is 117 Å².